The third-order valence-electron chi connectivity index (χ3n) is 4.13. The quantitative estimate of drug-likeness (QED) is 0.549. The molecule has 25 heavy (non-hydrogen) atoms. The molecule has 2 aromatic carbocycles. The van der Waals surface area contributed by atoms with Gasteiger partial charge in [0.25, 0.3) is 0 Å². The van der Waals surface area contributed by atoms with Gasteiger partial charge >= 0.3 is 0 Å². The van der Waals surface area contributed by atoms with Crippen molar-refractivity contribution in [2.75, 3.05) is 0 Å². The Morgan fingerprint density at radius 3 is 2.20 bits per heavy atom. The fourth-order valence-corrected chi connectivity index (χ4v) is 3.53. The van der Waals surface area contributed by atoms with Crippen LogP contribution in [0.25, 0.3) is 11.4 Å². The number of thioether (sulfide) groups is 1. The number of rotatable bonds is 4. The summed E-state index contributed by atoms with van der Waals surface area (Å²) in [5, 5.41) is 10.3. The van der Waals surface area contributed by atoms with Crippen molar-refractivity contribution in [1.29, 1.82) is 0 Å². The molecular formula is C20H22ClN3S. The average molecular weight is 372 g/mol. The Labute approximate surface area is 158 Å². The number of benzene rings is 2. The summed E-state index contributed by atoms with van der Waals surface area (Å²) in [7, 11) is 2.00. The van der Waals surface area contributed by atoms with E-state index in [2.05, 4.69) is 55.2 Å². The fourth-order valence-electron chi connectivity index (χ4n) is 2.54. The Morgan fingerprint density at radius 2 is 1.60 bits per heavy atom. The van der Waals surface area contributed by atoms with Gasteiger partial charge in [-0.3, -0.25) is 0 Å². The van der Waals surface area contributed by atoms with Crippen molar-refractivity contribution in [3.05, 3.63) is 64.7 Å². The lowest BCUT2D eigenvalue weighted by molar-refractivity contribution is 0.590. The molecule has 3 nitrogen and oxygen atoms in total. The lowest BCUT2D eigenvalue weighted by atomic mass is 9.87. The lowest BCUT2D eigenvalue weighted by Gasteiger charge is -2.19. The highest BCUT2D eigenvalue weighted by Gasteiger charge is 2.14. The molecule has 0 N–H and O–H groups in total. The third-order valence-corrected chi connectivity index (χ3v) is 5.47. The van der Waals surface area contributed by atoms with Crippen molar-refractivity contribution in [3.8, 4) is 11.4 Å². The molecule has 3 rings (SSSR count). The van der Waals surface area contributed by atoms with Crippen molar-refractivity contribution in [2.45, 2.75) is 37.1 Å². The Hall–Kier alpha value is -1.78. The van der Waals surface area contributed by atoms with E-state index in [9.17, 15) is 0 Å². The minimum absolute atomic E-state index is 0.183. The molecule has 0 aliphatic carbocycles. The van der Waals surface area contributed by atoms with Gasteiger partial charge in [0, 0.05) is 23.4 Å². The first-order chi connectivity index (χ1) is 11.8. The van der Waals surface area contributed by atoms with Crippen LogP contribution < -0.4 is 0 Å². The molecule has 0 bridgehead atoms. The van der Waals surface area contributed by atoms with Gasteiger partial charge in [-0.2, -0.15) is 0 Å². The van der Waals surface area contributed by atoms with E-state index in [4.69, 9.17) is 11.6 Å². The Bertz CT molecular complexity index is 846. The minimum atomic E-state index is 0.183. The fraction of sp³-hybridized carbons (Fsp3) is 0.300. The van der Waals surface area contributed by atoms with Crippen LogP contribution in [-0.4, -0.2) is 14.8 Å². The topological polar surface area (TPSA) is 30.7 Å². The number of hydrogen-bond donors (Lipinski definition) is 0. The van der Waals surface area contributed by atoms with Crippen molar-refractivity contribution in [3.63, 3.8) is 0 Å². The van der Waals surface area contributed by atoms with Crippen LogP contribution in [0.4, 0.5) is 0 Å². The predicted molar refractivity (Wildman–Crippen MR) is 106 cm³/mol. The summed E-state index contributed by atoms with van der Waals surface area (Å²) in [6, 6.07) is 16.5. The van der Waals surface area contributed by atoms with Crippen molar-refractivity contribution in [2.24, 2.45) is 7.05 Å². The van der Waals surface area contributed by atoms with E-state index in [-0.39, 0.29) is 5.41 Å². The lowest BCUT2D eigenvalue weighted by Crippen LogP contribution is -2.10. The summed E-state index contributed by atoms with van der Waals surface area (Å²) in [6.07, 6.45) is 0. The smallest absolute Gasteiger partial charge is 0.191 e. The van der Waals surface area contributed by atoms with Crippen LogP contribution in [0.2, 0.25) is 5.02 Å². The molecule has 0 spiro atoms. The van der Waals surface area contributed by atoms with Crippen LogP contribution >= 0.6 is 23.4 Å². The Morgan fingerprint density at radius 1 is 0.960 bits per heavy atom. The van der Waals surface area contributed by atoms with Crippen LogP contribution in [0.15, 0.2) is 53.7 Å². The second-order valence-corrected chi connectivity index (χ2v) is 8.49. The summed E-state index contributed by atoms with van der Waals surface area (Å²) in [5.74, 6) is 1.72. The molecule has 0 saturated heterocycles. The van der Waals surface area contributed by atoms with Gasteiger partial charge in [0.1, 0.15) is 0 Å². The average Bonchev–Trinajstić information content (AvgIpc) is 2.94. The molecule has 3 aromatic rings. The minimum Gasteiger partial charge on any atom is -0.305 e. The van der Waals surface area contributed by atoms with Crippen LogP contribution in [0.1, 0.15) is 31.9 Å². The van der Waals surface area contributed by atoms with Gasteiger partial charge in [-0.25, -0.2) is 0 Å². The molecule has 0 fully saturated rings. The van der Waals surface area contributed by atoms with Crippen LogP contribution in [0, 0.1) is 0 Å². The maximum Gasteiger partial charge on any atom is 0.191 e. The maximum absolute atomic E-state index is 5.95. The van der Waals surface area contributed by atoms with E-state index in [1.165, 1.54) is 11.1 Å². The van der Waals surface area contributed by atoms with E-state index in [0.29, 0.717) is 0 Å². The van der Waals surface area contributed by atoms with Crippen LogP contribution in [0.3, 0.4) is 0 Å². The molecular weight excluding hydrogens is 350 g/mol. The summed E-state index contributed by atoms with van der Waals surface area (Å²) >= 11 is 7.65. The number of aromatic nitrogens is 3. The second kappa shape index (κ2) is 7.22. The van der Waals surface area contributed by atoms with E-state index in [0.717, 1.165) is 27.3 Å². The number of halogens is 1. The second-order valence-electron chi connectivity index (χ2n) is 7.11. The molecule has 0 unspecified atom stereocenters. The number of nitrogens with zero attached hydrogens (tertiary/aromatic N) is 3. The first-order valence-electron chi connectivity index (χ1n) is 8.22. The molecule has 0 aliphatic heterocycles. The van der Waals surface area contributed by atoms with E-state index >= 15 is 0 Å². The molecule has 5 heteroatoms. The molecule has 1 aromatic heterocycles. The standard InChI is InChI=1S/C20H22ClN3S/c1-20(2,3)16-9-5-14(6-10-16)13-25-19-23-22-18(24(19)4)15-7-11-17(21)12-8-15/h5-12H,13H2,1-4H3. The normalized spacial score (nSPS) is 11.7. The van der Waals surface area contributed by atoms with Crippen LogP contribution in [0.5, 0.6) is 0 Å². The first-order valence-corrected chi connectivity index (χ1v) is 9.58. The highest BCUT2D eigenvalue weighted by Crippen LogP contribution is 2.27. The SMILES string of the molecule is Cn1c(SCc2ccc(C(C)(C)C)cc2)nnc1-c1ccc(Cl)cc1. The zero-order valence-electron chi connectivity index (χ0n) is 15.0. The molecule has 0 saturated carbocycles. The van der Waals surface area contributed by atoms with Crippen molar-refractivity contribution in [1.82, 2.24) is 14.8 Å². The molecule has 1 heterocycles. The van der Waals surface area contributed by atoms with Gasteiger partial charge < -0.3 is 4.57 Å². The van der Waals surface area contributed by atoms with E-state index in [1.54, 1.807) is 11.8 Å². The molecule has 0 aliphatic rings. The van der Waals surface area contributed by atoms with Gasteiger partial charge in [0.15, 0.2) is 11.0 Å². The summed E-state index contributed by atoms with van der Waals surface area (Å²) in [6.45, 7) is 6.69. The highest BCUT2D eigenvalue weighted by atomic mass is 35.5. The van der Waals surface area contributed by atoms with Gasteiger partial charge in [0.05, 0.1) is 0 Å². The third kappa shape index (κ3) is 4.25. The van der Waals surface area contributed by atoms with Gasteiger partial charge in [-0.05, 0) is 40.8 Å². The molecule has 130 valence electrons. The number of hydrogen-bond acceptors (Lipinski definition) is 3. The Kier molecular flexibility index (Phi) is 5.21. The van der Waals surface area contributed by atoms with Gasteiger partial charge in [-0.15, -0.1) is 10.2 Å². The monoisotopic (exact) mass is 371 g/mol. The van der Waals surface area contributed by atoms with Crippen molar-refractivity contribution < 1.29 is 0 Å². The molecule has 0 amide bonds. The summed E-state index contributed by atoms with van der Waals surface area (Å²) < 4.78 is 2.03. The van der Waals surface area contributed by atoms with Gasteiger partial charge in [0.2, 0.25) is 0 Å². The zero-order valence-corrected chi connectivity index (χ0v) is 16.5. The van der Waals surface area contributed by atoms with E-state index < -0.39 is 0 Å². The zero-order chi connectivity index (χ0) is 18.0. The predicted octanol–water partition coefficient (Wildman–Crippen LogP) is 5.73. The van der Waals surface area contributed by atoms with Crippen LogP contribution in [-0.2, 0) is 18.2 Å². The molecule has 0 atom stereocenters. The molecule has 0 radical (unpaired) electrons. The summed E-state index contributed by atoms with van der Waals surface area (Å²) in [4.78, 5) is 0. The summed E-state index contributed by atoms with van der Waals surface area (Å²) in [5.41, 5.74) is 3.84. The van der Waals surface area contributed by atoms with Crippen molar-refractivity contribution >= 4 is 23.4 Å². The maximum atomic E-state index is 5.95. The first kappa shape index (κ1) is 18.0. The van der Waals surface area contributed by atoms with Gasteiger partial charge in [-0.1, -0.05) is 68.4 Å². The Balaban J connectivity index is 1.71. The highest BCUT2D eigenvalue weighted by molar-refractivity contribution is 7.98. The van der Waals surface area contributed by atoms with E-state index in [1.807, 2.05) is 35.9 Å². The largest absolute Gasteiger partial charge is 0.305 e.